The van der Waals surface area contributed by atoms with Crippen molar-refractivity contribution < 1.29 is 9.90 Å². The van der Waals surface area contributed by atoms with Crippen LogP contribution in [-0.4, -0.2) is 57.2 Å². The fourth-order valence-corrected chi connectivity index (χ4v) is 4.03. The molecule has 36 heavy (non-hydrogen) atoms. The number of hydrogen-bond acceptors (Lipinski definition) is 8. The van der Waals surface area contributed by atoms with Crippen LogP contribution in [0, 0.1) is 0 Å². The zero-order valence-corrected chi connectivity index (χ0v) is 20.7. The maximum Gasteiger partial charge on any atom is 0.251 e. The van der Waals surface area contributed by atoms with Gasteiger partial charge in [0.15, 0.2) is 0 Å². The van der Waals surface area contributed by atoms with E-state index in [1.807, 2.05) is 43.3 Å². The highest BCUT2D eigenvalue weighted by atomic mass is 16.3. The molecular weight excluding hydrogens is 454 g/mol. The van der Waals surface area contributed by atoms with Crippen molar-refractivity contribution in [2.75, 3.05) is 30.8 Å². The Kier molecular flexibility index (Phi) is 8.02. The Hall–Kier alpha value is -4.11. The summed E-state index contributed by atoms with van der Waals surface area (Å²) >= 11 is 0. The van der Waals surface area contributed by atoms with E-state index in [9.17, 15) is 9.90 Å². The third-order valence-corrected chi connectivity index (χ3v) is 6.19. The van der Waals surface area contributed by atoms with Crippen LogP contribution in [0.1, 0.15) is 42.1 Å². The molecule has 0 aliphatic carbocycles. The predicted octanol–water partition coefficient (Wildman–Crippen LogP) is 3.84. The van der Waals surface area contributed by atoms with Gasteiger partial charge in [-0.05, 0) is 30.2 Å². The van der Waals surface area contributed by atoms with E-state index in [2.05, 4.69) is 42.8 Å². The van der Waals surface area contributed by atoms with Crippen LogP contribution in [0.3, 0.4) is 0 Å². The van der Waals surface area contributed by atoms with Crippen LogP contribution < -0.4 is 16.0 Å². The van der Waals surface area contributed by atoms with Gasteiger partial charge >= 0.3 is 0 Å². The van der Waals surface area contributed by atoms with Crippen LogP contribution in [0.25, 0.3) is 22.2 Å². The van der Waals surface area contributed by atoms with Crippen molar-refractivity contribution in [2.24, 2.45) is 0 Å². The molecule has 0 aliphatic heterocycles. The van der Waals surface area contributed by atoms with Crippen molar-refractivity contribution in [1.82, 2.24) is 25.3 Å². The van der Waals surface area contributed by atoms with E-state index in [0.29, 0.717) is 23.7 Å². The Morgan fingerprint density at radius 3 is 2.64 bits per heavy atom. The van der Waals surface area contributed by atoms with E-state index in [-0.39, 0.29) is 24.5 Å². The molecule has 0 aliphatic rings. The lowest BCUT2D eigenvalue weighted by Crippen LogP contribution is -2.23. The Bertz CT molecular complexity index is 1320. The molecule has 4 aromatic rings. The number of aliphatic hydroxyl groups is 1. The zero-order chi connectivity index (χ0) is 25.5. The van der Waals surface area contributed by atoms with Gasteiger partial charge in [0.1, 0.15) is 18.0 Å². The Morgan fingerprint density at radius 1 is 1.06 bits per heavy atom. The van der Waals surface area contributed by atoms with Gasteiger partial charge < -0.3 is 21.1 Å². The lowest BCUT2D eigenvalue weighted by atomic mass is 9.96. The molecule has 4 N–H and O–H groups in total. The van der Waals surface area contributed by atoms with E-state index in [4.69, 9.17) is 0 Å². The summed E-state index contributed by atoms with van der Waals surface area (Å²) in [5.74, 6) is 1.41. The number of rotatable bonds is 10. The zero-order valence-electron chi connectivity index (χ0n) is 20.7. The molecule has 9 nitrogen and oxygen atoms in total. The summed E-state index contributed by atoms with van der Waals surface area (Å²) in [4.78, 5) is 30.1. The molecule has 3 heterocycles. The van der Waals surface area contributed by atoms with E-state index in [0.717, 1.165) is 34.1 Å². The molecule has 1 aromatic carbocycles. The molecule has 0 saturated carbocycles. The third-order valence-electron chi connectivity index (χ3n) is 6.19. The van der Waals surface area contributed by atoms with Crippen LogP contribution in [0.4, 0.5) is 11.6 Å². The van der Waals surface area contributed by atoms with Crippen molar-refractivity contribution in [3.05, 3.63) is 72.3 Å². The van der Waals surface area contributed by atoms with Crippen molar-refractivity contribution in [1.29, 1.82) is 0 Å². The smallest absolute Gasteiger partial charge is 0.251 e. The van der Waals surface area contributed by atoms with Crippen molar-refractivity contribution >= 4 is 28.4 Å². The third kappa shape index (κ3) is 5.58. The van der Waals surface area contributed by atoms with Gasteiger partial charge in [0.25, 0.3) is 5.91 Å². The Morgan fingerprint density at radius 2 is 1.92 bits per heavy atom. The van der Waals surface area contributed by atoms with Gasteiger partial charge in [-0.25, -0.2) is 15.0 Å². The monoisotopic (exact) mass is 485 g/mol. The number of amides is 1. The molecule has 2 atom stereocenters. The molecule has 0 spiro atoms. The standard InChI is InChI=1S/C27H31N7O2/c1-4-19(15-35)34-24-9-8-18(14-31-24)23-12-25(33-16-32-23)30-13-17(2)20-6-5-7-21-22(27(36)28-3)10-11-29-26(20)21/h5-12,14,16-17,19,35H,4,13,15H2,1-3H3,(H,28,36)(H,31,34)(H,30,32,33). The summed E-state index contributed by atoms with van der Waals surface area (Å²) in [5.41, 5.74) is 4.12. The lowest BCUT2D eigenvalue weighted by molar-refractivity contribution is 0.0964. The van der Waals surface area contributed by atoms with Crippen molar-refractivity contribution in [3.8, 4) is 11.3 Å². The first-order valence-electron chi connectivity index (χ1n) is 12.0. The van der Waals surface area contributed by atoms with Crippen LogP contribution in [0.2, 0.25) is 0 Å². The largest absolute Gasteiger partial charge is 0.394 e. The van der Waals surface area contributed by atoms with Crippen molar-refractivity contribution in [3.63, 3.8) is 0 Å². The quantitative estimate of drug-likeness (QED) is 0.267. The second-order valence-electron chi connectivity index (χ2n) is 8.62. The second-order valence-corrected chi connectivity index (χ2v) is 8.62. The Balaban J connectivity index is 1.47. The van der Waals surface area contributed by atoms with Gasteiger partial charge in [-0.3, -0.25) is 9.78 Å². The molecule has 2 unspecified atom stereocenters. The number of pyridine rings is 2. The predicted molar refractivity (Wildman–Crippen MR) is 142 cm³/mol. The fourth-order valence-electron chi connectivity index (χ4n) is 4.03. The minimum absolute atomic E-state index is 0.0208. The number of hydrogen-bond donors (Lipinski definition) is 4. The number of nitrogens with one attached hydrogen (secondary N) is 3. The molecule has 9 heteroatoms. The molecule has 0 bridgehead atoms. The summed E-state index contributed by atoms with van der Waals surface area (Å²) in [7, 11) is 1.63. The molecule has 3 aromatic heterocycles. The molecule has 0 saturated heterocycles. The number of fused-ring (bicyclic) bond motifs is 1. The van der Waals surface area contributed by atoms with Gasteiger partial charge in [0, 0.05) is 48.9 Å². The highest BCUT2D eigenvalue weighted by Crippen LogP contribution is 2.27. The number of nitrogens with zero attached hydrogens (tertiary/aromatic N) is 4. The normalized spacial score (nSPS) is 12.7. The fraction of sp³-hybridized carbons (Fsp3) is 0.296. The highest BCUT2D eigenvalue weighted by Gasteiger charge is 2.15. The Labute approximate surface area is 210 Å². The average molecular weight is 486 g/mol. The molecule has 4 rings (SSSR count). The number of carbonyl (C=O) groups excluding carboxylic acids is 1. The van der Waals surface area contributed by atoms with Crippen LogP contribution in [-0.2, 0) is 0 Å². The first kappa shape index (κ1) is 25.0. The molecule has 0 fully saturated rings. The number of anilines is 2. The van der Waals surface area contributed by atoms with Crippen LogP contribution in [0.5, 0.6) is 0 Å². The number of aromatic nitrogens is 4. The van der Waals surface area contributed by atoms with Gasteiger partial charge in [-0.1, -0.05) is 32.0 Å². The highest BCUT2D eigenvalue weighted by molar-refractivity contribution is 6.06. The van der Waals surface area contributed by atoms with E-state index < -0.39 is 0 Å². The van der Waals surface area contributed by atoms with Gasteiger partial charge in [0.2, 0.25) is 0 Å². The first-order chi connectivity index (χ1) is 17.5. The average Bonchev–Trinajstić information content (AvgIpc) is 2.94. The molecule has 186 valence electrons. The summed E-state index contributed by atoms with van der Waals surface area (Å²) in [6, 6.07) is 13.4. The number of aliphatic hydroxyl groups excluding tert-OH is 1. The number of benzene rings is 1. The maximum absolute atomic E-state index is 12.3. The topological polar surface area (TPSA) is 125 Å². The summed E-state index contributed by atoms with van der Waals surface area (Å²) < 4.78 is 0. The number of para-hydroxylation sites is 1. The number of carbonyl (C=O) groups is 1. The minimum atomic E-state index is -0.129. The van der Waals surface area contributed by atoms with Crippen LogP contribution in [0.15, 0.2) is 61.2 Å². The second kappa shape index (κ2) is 11.5. The maximum atomic E-state index is 12.3. The first-order valence-corrected chi connectivity index (χ1v) is 12.0. The van der Waals surface area contributed by atoms with E-state index >= 15 is 0 Å². The van der Waals surface area contributed by atoms with E-state index in [1.54, 1.807) is 25.5 Å². The van der Waals surface area contributed by atoms with Gasteiger partial charge in [0.05, 0.1) is 29.4 Å². The molecular formula is C27H31N7O2. The lowest BCUT2D eigenvalue weighted by Gasteiger charge is -2.16. The van der Waals surface area contributed by atoms with Crippen molar-refractivity contribution in [2.45, 2.75) is 32.2 Å². The minimum Gasteiger partial charge on any atom is -0.394 e. The summed E-state index contributed by atoms with van der Waals surface area (Å²) in [6.07, 6.45) is 5.77. The van der Waals surface area contributed by atoms with Gasteiger partial charge in [-0.15, -0.1) is 0 Å². The SMILES string of the molecule is CCC(CO)Nc1ccc(-c2cc(NCC(C)c3cccc4c(C(=O)NC)ccnc34)ncn2)cn1. The molecule has 0 radical (unpaired) electrons. The molecule has 1 amide bonds. The van der Waals surface area contributed by atoms with E-state index in [1.165, 1.54) is 6.33 Å². The van der Waals surface area contributed by atoms with Gasteiger partial charge in [-0.2, -0.15) is 0 Å². The van der Waals surface area contributed by atoms with Crippen LogP contribution >= 0.6 is 0 Å². The summed E-state index contributed by atoms with van der Waals surface area (Å²) in [5, 5.41) is 19.5. The summed E-state index contributed by atoms with van der Waals surface area (Å²) in [6.45, 7) is 4.81.